The number of fused-ring (bicyclic) bond motifs is 1. The Kier molecular flexibility index (Phi) is 6.91. The van der Waals surface area contributed by atoms with Gasteiger partial charge < -0.3 is 15.0 Å². The number of carbonyl (C=O) groups excluding carboxylic acids is 1. The van der Waals surface area contributed by atoms with Crippen LogP contribution in [-0.4, -0.2) is 40.7 Å². The number of esters is 1. The van der Waals surface area contributed by atoms with Crippen molar-refractivity contribution in [2.45, 2.75) is 59.2 Å². The van der Waals surface area contributed by atoms with Gasteiger partial charge in [-0.3, -0.25) is 14.2 Å². The monoisotopic (exact) mass is 475 g/mol. The van der Waals surface area contributed by atoms with E-state index in [-0.39, 0.29) is 23.7 Å². The van der Waals surface area contributed by atoms with Gasteiger partial charge in [-0.15, -0.1) is 0 Å². The molecule has 0 aliphatic heterocycles. The van der Waals surface area contributed by atoms with Gasteiger partial charge in [0.15, 0.2) is 0 Å². The Morgan fingerprint density at radius 2 is 2.00 bits per heavy atom. The molecule has 0 bridgehead atoms. The number of ether oxygens (including phenoxy) is 1. The quantitative estimate of drug-likeness (QED) is 0.518. The van der Waals surface area contributed by atoms with E-state index in [1.54, 1.807) is 10.8 Å². The largest absolute Gasteiger partial charge is 0.460 e. The molecule has 0 amide bonds. The van der Waals surface area contributed by atoms with Crippen LogP contribution < -0.4 is 15.8 Å². The molecule has 0 spiro atoms. The average Bonchev–Trinajstić information content (AvgIpc) is 3.16. The maximum absolute atomic E-state index is 13.7. The summed E-state index contributed by atoms with van der Waals surface area (Å²) < 4.78 is 7.40. The van der Waals surface area contributed by atoms with Crippen molar-refractivity contribution in [3.05, 3.63) is 69.3 Å². The van der Waals surface area contributed by atoms with Crippen molar-refractivity contribution in [2.24, 2.45) is 0 Å². The summed E-state index contributed by atoms with van der Waals surface area (Å²) in [5.41, 5.74) is 4.87. The molecular weight excluding hydrogens is 442 g/mol. The summed E-state index contributed by atoms with van der Waals surface area (Å²) in [6.45, 7) is 7.83. The molecule has 1 aliphatic carbocycles. The molecule has 184 valence electrons. The number of anilines is 2. The minimum Gasteiger partial charge on any atom is -0.460 e. The summed E-state index contributed by atoms with van der Waals surface area (Å²) in [7, 11) is 3.87. The maximum Gasteiger partial charge on any atom is 0.302 e. The smallest absolute Gasteiger partial charge is 0.302 e. The lowest BCUT2D eigenvalue weighted by Gasteiger charge is -2.26. The predicted octanol–water partition coefficient (Wildman–Crippen LogP) is 3.90. The standard InChI is InChI=1S/C27H33N5O3/c1-7-21-26(30-24-19-12-10-9-11-18(19)14-22(24)35-17(4)33)32(8-2)27(34)25(29-21)20-15-28-23(31(5)6)13-16(20)3/h9-13,15,22,24,30H,7-8,14H2,1-6H3. The van der Waals surface area contributed by atoms with Gasteiger partial charge in [0.1, 0.15) is 23.4 Å². The Morgan fingerprint density at radius 3 is 2.63 bits per heavy atom. The van der Waals surface area contributed by atoms with Crippen molar-refractivity contribution in [1.29, 1.82) is 0 Å². The number of hydrogen-bond donors (Lipinski definition) is 1. The first kappa shape index (κ1) is 24.4. The highest BCUT2D eigenvalue weighted by molar-refractivity contribution is 5.67. The van der Waals surface area contributed by atoms with Crippen LogP contribution in [0.4, 0.5) is 11.6 Å². The molecule has 8 nitrogen and oxygen atoms in total. The fourth-order valence-corrected chi connectivity index (χ4v) is 4.74. The third-order valence-electron chi connectivity index (χ3n) is 6.49. The van der Waals surface area contributed by atoms with E-state index in [1.165, 1.54) is 6.92 Å². The van der Waals surface area contributed by atoms with Crippen LogP contribution in [0, 0.1) is 6.92 Å². The molecule has 1 N–H and O–H groups in total. The number of aryl methyl sites for hydroxylation is 2. The Labute approximate surface area is 206 Å². The number of rotatable bonds is 7. The van der Waals surface area contributed by atoms with Crippen molar-refractivity contribution < 1.29 is 9.53 Å². The van der Waals surface area contributed by atoms with Gasteiger partial charge in [0, 0.05) is 45.7 Å². The van der Waals surface area contributed by atoms with Crippen LogP contribution in [0.25, 0.3) is 11.3 Å². The first-order valence-corrected chi connectivity index (χ1v) is 12.0. The fraction of sp³-hybridized carbons (Fsp3) is 0.407. The molecule has 0 radical (unpaired) electrons. The molecule has 1 aromatic carbocycles. The molecule has 2 heterocycles. The Balaban J connectivity index is 1.81. The molecule has 3 aromatic rings. The van der Waals surface area contributed by atoms with Crippen molar-refractivity contribution in [2.75, 3.05) is 24.3 Å². The highest BCUT2D eigenvalue weighted by atomic mass is 16.5. The van der Waals surface area contributed by atoms with Crippen LogP contribution in [0.2, 0.25) is 0 Å². The van der Waals surface area contributed by atoms with Crippen molar-refractivity contribution >= 4 is 17.6 Å². The molecule has 2 unspecified atom stereocenters. The number of hydrogen-bond acceptors (Lipinski definition) is 7. The lowest BCUT2D eigenvalue weighted by Crippen LogP contribution is -2.32. The summed E-state index contributed by atoms with van der Waals surface area (Å²) in [4.78, 5) is 36.8. The van der Waals surface area contributed by atoms with Gasteiger partial charge in [-0.2, -0.15) is 0 Å². The third kappa shape index (κ3) is 4.65. The summed E-state index contributed by atoms with van der Waals surface area (Å²) in [6, 6.07) is 9.75. The van der Waals surface area contributed by atoms with Gasteiger partial charge in [-0.25, -0.2) is 9.97 Å². The Bertz CT molecular complexity index is 1310. The van der Waals surface area contributed by atoms with Crippen LogP contribution in [0.1, 0.15) is 49.2 Å². The second-order valence-corrected chi connectivity index (χ2v) is 9.08. The summed E-state index contributed by atoms with van der Waals surface area (Å²) in [6.07, 6.45) is 2.62. The molecule has 0 saturated heterocycles. The molecule has 8 heteroatoms. The fourth-order valence-electron chi connectivity index (χ4n) is 4.74. The first-order valence-electron chi connectivity index (χ1n) is 12.0. The topological polar surface area (TPSA) is 89.3 Å². The van der Waals surface area contributed by atoms with Gasteiger partial charge in [0.05, 0.1) is 11.7 Å². The number of nitrogens with zero attached hydrogens (tertiary/aromatic N) is 4. The number of pyridine rings is 1. The van der Waals surface area contributed by atoms with Gasteiger partial charge in [-0.05, 0) is 43.0 Å². The van der Waals surface area contributed by atoms with E-state index < -0.39 is 0 Å². The minimum atomic E-state index is -0.361. The van der Waals surface area contributed by atoms with Crippen molar-refractivity contribution in [3.63, 3.8) is 0 Å². The summed E-state index contributed by atoms with van der Waals surface area (Å²) in [5, 5.41) is 3.55. The third-order valence-corrected chi connectivity index (χ3v) is 6.49. The van der Waals surface area contributed by atoms with E-state index in [4.69, 9.17) is 9.72 Å². The van der Waals surface area contributed by atoms with E-state index >= 15 is 0 Å². The Hall–Kier alpha value is -3.68. The highest BCUT2D eigenvalue weighted by Gasteiger charge is 2.36. The number of carbonyl (C=O) groups is 1. The SMILES string of the molecule is CCc1nc(-c2cnc(N(C)C)cc2C)c(=O)n(CC)c1NC1c2ccccc2CC1OC(C)=O. The van der Waals surface area contributed by atoms with Gasteiger partial charge >= 0.3 is 5.97 Å². The van der Waals surface area contributed by atoms with Crippen LogP contribution in [0.3, 0.4) is 0 Å². The van der Waals surface area contributed by atoms with Gasteiger partial charge in [0.25, 0.3) is 5.56 Å². The Morgan fingerprint density at radius 1 is 1.26 bits per heavy atom. The van der Waals surface area contributed by atoms with Crippen molar-refractivity contribution in [3.8, 4) is 11.3 Å². The lowest BCUT2D eigenvalue weighted by atomic mass is 10.1. The summed E-state index contributed by atoms with van der Waals surface area (Å²) in [5.74, 6) is 1.17. The van der Waals surface area contributed by atoms with E-state index in [0.717, 1.165) is 33.8 Å². The molecule has 0 saturated carbocycles. The number of aromatic nitrogens is 3. The van der Waals surface area contributed by atoms with Crippen molar-refractivity contribution in [1.82, 2.24) is 14.5 Å². The van der Waals surface area contributed by atoms with Crippen LogP contribution >= 0.6 is 0 Å². The number of benzene rings is 1. The second-order valence-electron chi connectivity index (χ2n) is 9.08. The maximum atomic E-state index is 13.7. The van der Waals surface area contributed by atoms with Crippen LogP contribution in [-0.2, 0) is 28.9 Å². The first-order chi connectivity index (χ1) is 16.7. The summed E-state index contributed by atoms with van der Waals surface area (Å²) >= 11 is 0. The molecule has 4 rings (SSSR count). The lowest BCUT2D eigenvalue weighted by molar-refractivity contribution is -0.146. The minimum absolute atomic E-state index is 0.176. The van der Waals surface area contributed by atoms with Gasteiger partial charge in [-0.1, -0.05) is 31.2 Å². The molecule has 2 atom stereocenters. The molecular formula is C27H33N5O3. The van der Waals surface area contributed by atoms with E-state index in [1.807, 2.05) is 64.0 Å². The van der Waals surface area contributed by atoms with E-state index in [0.29, 0.717) is 30.9 Å². The van der Waals surface area contributed by atoms with E-state index in [2.05, 4.69) is 16.4 Å². The zero-order valence-corrected chi connectivity index (χ0v) is 21.3. The number of nitrogens with one attached hydrogen (secondary N) is 1. The normalized spacial score (nSPS) is 16.6. The van der Waals surface area contributed by atoms with E-state index in [9.17, 15) is 9.59 Å². The molecule has 1 aliphatic rings. The van der Waals surface area contributed by atoms with Gasteiger partial charge in [0.2, 0.25) is 0 Å². The zero-order valence-electron chi connectivity index (χ0n) is 21.3. The molecule has 2 aromatic heterocycles. The zero-order chi connectivity index (χ0) is 25.3. The van der Waals surface area contributed by atoms with Crippen LogP contribution in [0.5, 0.6) is 0 Å². The predicted molar refractivity (Wildman–Crippen MR) is 138 cm³/mol. The average molecular weight is 476 g/mol. The highest BCUT2D eigenvalue weighted by Crippen LogP contribution is 2.37. The van der Waals surface area contributed by atoms with Crippen LogP contribution in [0.15, 0.2) is 41.3 Å². The molecule has 35 heavy (non-hydrogen) atoms. The second kappa shape index (κ2) is 9.90. The molecule has 0 fully saturated rings.